The molecule has 2 aromatic rings. The Hall–Kier alpha value is -1.21. The Bertz CT molecular complexity index is 789. The van der Waals surface area contributed by atoms with Crippen LogP contribution in [0.3, 0.4) is 0 Å². The van der Waals surface area contributed by atoms with Crippen LogP contribution >= 0.6 is 23.5 Å². The molecule has 3 nitrogen and oxygen atoms in total. The van der Waals surface area contributed by atoms with E-state index in [1.807, 2.05) is 36.4 Å². The smallest absolute Gasteiger partial charge is 0.267 e. The molecular weight excluding hydrogens is 432 g/mol. The van der Waals surface area contributed by atoms with E-state index in [-0.39, 0.29) is 6.61 Å². The monoisotopic (exact) mass is 464 g/mol. The molecule has 2 aromatic carbocycles. The standard InChI is InChI=1S/C24H32O3S3/c1-2-3-4-5-6-13-18-27-30(25,26)21-24(28-19-22-14-9-7-10-15-22)29-20-23-16-11-8-12-17-23/h7-12,14-17,21H,2-6,13,18-20H2,1H3. The van der Waals surface area contributed by atoms with Crippen LogP contribution in [0.2, 0.25) is 0 Å². The van der Waals surface area contributed by atoms with Gasteiger partial charge >= 0.3 is 0 Å². The van der Waals surface area contributed by atoms with Crippen LogP contribution in [0.5, 0.6) is 0 Å². The van der Waals surface area contributed by atoms with Gasteiger partial charge in [0, 0.05) is 11.5 Å². The van der Waals surface area contributed by atoms with E-state index in [0.29, 0.717) is 0 Å². The highest BCUT2D eigenvalue weighted by molar-refractivity contribution is 8.22. The second kappa shape index (κ2) is 14.7. The first-order chi connectivity index (χ1) is 14.6. The molecule has 0 fully saturated rings. The molecule has 0 saturated carbocycles. The van der Waals surface area contributed by atoms with Crippen molar-refractivity contribution in [1.29, 1.82) is 0 Å². The van der Waals surface area contributed by atoms with Crippen LogP contribution in [-0.4, -0.2) is 15.0 Å². The van der Waals surface area contributed by atoms with Gasteiger partial charge in [0.1, 0.15) is 0 Å². The van der Waals surface area contributed by atoms with E-state index in [1.165, 1.54) is 59.3 Å². The van der Waals surface area contributed by atoms with E-state index >= 15 is 0 Å². The van der Waals surface area contributed by atoms with Gasteiger partial charge in [-0.3, -0.25) is 4.18 Å². The molecule has 0 aliphatic carbocycles. The molecule has 0 aromatic heterocycles. The average Bonchev–Trinajstić information content (AvgIpc) is 2.76. The summed E-state index contributed by atoms with van der Waals surface area (Å²) in [4.78, 5) is 0. The fourth-order valence-electron chi connectivity index (χ4n) is 2.78. The maximum atomic E-state index is 12.5. The van der Waals surface area contributed by atoms with Crippen LogP contribution in [0.4, 0.5) is 0 Å². The van der Waals surface area contributed by atoms with Gasteiger partial charge in [0.2, 0.25) is 0 Å². The Morgan fingerprint density at radius 1 is 0.800 bits per heavy atom. The summed E-state index contributed by atoms with van der Waals surface area (Å²) in [6, 6.07) is 20.2. The minimum atomic E-state index is -3.69. The Kier molecular flexibility index (Phi) is 12.3. The lowest BCUT2D eigenvalue weighted by Gasteiger charge is -2.09. The minimum Gasteiger partial charge on any atom is -0.267 e. The highest BCUT2D eigenvalue weighted by Gasteiger charge is 2.12. The van der Waals surface area contributed by atoms with Gasteiger partial charge in [-0.15, -0.1) is 23.5 Å². The number of benzene rings is 2. The number of unbranched alkanes of at least 4 members (excludes halogenated alkanes) is 5. The zero-order chi connectivity index (χ0) is 21.5. The van der Waals surface area contributed by atoms with Crippen molar-refractivity contribution in [2.75, 3.05) is 6.61 Å². The van der Waals surface area contributed by atoms with Gasteiger partial charge in [-0.25, -0.2) is 0 Å². The summed E-state index contributed by atoms with van der Waals surface area (Å²) < 4.78 is 30.9. The van der Waals surface area contributed by atoms with Crippen molar-refractivity contribution in [1.82, 2.24) is 0 Å². The fourth-order valence-corrected chi connectivity index (χ4v) is 6.37. The van der Waals surface area contributed by atoms with E-state index in [1.54, 1.807) is 0 Å². The maximum absolute atomic E-state index is 12.5. The van der Waals surface area contributed by atoms with Crippen LogP contribution in [0.1, 0.15) is 56.6 Å². The van der Waals surface area contributed by atoms with E-state index < -0.39 is 10.1 Å². The summed E-state index contributed by atoms with van der Waals surface area (Å²) in [6.07, 6.45) is 6.58. The fraction of sp³-hybridized carbons (Fsp3) is 0.417. The Morgan fingerprint density at radius 3 is 1.83 bits per heavy atom. The topological polar surface area (TPSA) is 43.4 Å². The number of hydrogen-bond donors (Lipinski definition) is 0. The van der Waals surface area contributed by atoms with Crippen LogP contribution in [0, 0.1) is 0 Å². The van der Waals surface area contributed by atoms with Gasteiger partial charge in [-0.05, 0) is 17.5 Å². The van der Waals surface area contributed by atoms with Crippen LogP contribution in [-0.2, 0) is 25.8 Å². The van der Waals surface area contributed by atoms with Crippen molar-refractivity contribution in [2.45, 2.75) is 57.0 Å². The van der Waals surface area contributed by atoms with Crippen molar-refractivity contribution in [3.8, 4) is 0 Å². The van der Waals surface area contributed by atoms with Crippen molar-refractivity contribution in [3.63, 3.8) is 0 Å². The number of hydrogen-bond acceptors (Lipinski definition) is 5. The molecule has 0 amide bonds. The SMILES string of the molecule is CCCCCCCCOS(=O)(=O)C=C(SCc1ccccc1)SCc1ccccc1. The van der Waals surface area contributed by atoms with Crippen molar-refractivity contribution >= 4 is 33.6 Å². The lowest BCUT2D eigenvalue weighted by molar-refractivity contribution is 0.311. The molecule has 0 radical (unpaired) electrons. The first kappa shape index (κ1) is 25.1. The summed E-state index contributed by atoms with van der Waals surface area (Å²) in [5.74, 6) is 1.45. The maximum Gasteiger partial charge on any atom is 0.291 e. The Morgan fingerprint density at radius 2 is 1.30 bits per heavy atom. The zero-order valence-electron chi connectivity index (χ0n) is 17.7. The van der Waals surface area contributed by atoms with Crippen LogP contribution in [0.25, 0.3) is 0 Å². The third-order valence-electron chi connectivity index (χ3n) is 4.43. The summed E-state index contributed by atoms with van der Waals surface area (Å²) in [7, 11) is -3.69. The van der Waals surface area contributed by atoms with E-state index in [4.69, 9.17) is 4.18 Å². The molecule has 2 rings (SSSR count). The molecule has 0 spiro atoms. The second-order valence-corrected chi connectivity index (χ2v) is 10.8. The normalized spacial score (nSPS) is 11.4. The molecule has 0 aliphatic rings. The quantitative estimate of drug-likeness (QED) is 0.203. The largest absolute Gasteiger partial charge is 0.291 e. The van der Waals surface area contributed by atoms with Crippen LogP contribution < -0.4 is 0 Å². The summed E-state index contributed by atoms with van der Waals surface area (Å²) in [5.41, 5.74) is 2.33. The molecule has 30 heavy (non-hydrogen) atoms. The number of thioether (sulfide) groups is 2. The van der Waals surface area contributed by atoms with Crippen LogP contribution in [0.15, 0.2) is 70.3 Å². The van der Waals surface area contributed by atoms with E-state index in [9.17, 15) is 8.42 Å². The van der Waals surface area contributed by atoms with Gasteiger partial charge < -0.3 is 0 Å². The van der Waals surface area contributed by atoms with Gasteiger partial charge in [-0.2, -0.15) is 8.42 Å². The molecule has 0 saturated heterocycles. The molecule has 0 aliphatic heterocycles. The van der Waals surface area contributed by atoms with Crippen molar-refractivity contribution in [2.24, 2.45) is 0 Å². The highest BCUT2D eigenvalue weighted by atomic mass is 32.2. The predicted molar refractivity (Wildman–Crippen MR) is 132 cm³/mol. The Labute approximate surface area is 190 Å². The molecule has 0 N–H and O–H groups in total. The van der Waals surface area contributed by atoms with E-state index in [2.05, 4.69) is 31.2 Å². The highest BCUT2D eigenvalue weighted by Crippen LogP contribution is 2.34. The average molecular weight is 465 g/mol. The Balaban J connectivity index is 1.91. The lowest BCUT2D eigenvalue weighted by Crippen LogP contribution is -2.04. The molecular formula is C24H32O3S3. The molecule has 6 heteroatoms. The first-order valence-corrected chi connectivity index (χ1v) is 14.0. The van der Waals surface area contributed by atoms with Gasteiger partial charge in [0.05, 0.1) is 16.3 Å². The molecule has 0 heterocycles. The summed E-state index contributed by atoms with van der Waals surface area (Å²) in [6.45, 7) is 2.44. The third-order valence-corrected chi connectivity index (χ3v) is 8.22. The molecule has 0 atom stereocenters. The molecule has 164 valence electrons. The van der Waals surface area contributed by atoms with Gasteiger partial charge in [-0.1, -0.05) is 99.7 Å². The van der Waals surface area contributed by atoms with Crippen molar-refractivity contribution in [3.05, 3.63) is 81.4 Å². The van der Waals surface area contributed by atoms with Gasteiger partial charge in [0.25, 0.3) is 10.1 Å². The lowest BCUT2D eigenvalue weighted by atomic mass is 10.1. The van der Waals surface area contributed by atoms with Gasteiger partial charge in [0.15, 0.2) is 0 Å². The number of rotatable bonds is 15. The minimum absolute atomic E-state index is 0.255. The summed E-state index contributed by atoms with van der Waals surface area (Å²) >= 11 is 3.08. The van der Waals surface area contributed by atoms with Crippen molar-refractivity contribution < 1.29 is 12.6 Å². The van der Waals surface area contributed by atoms with E-state index in [0.717, 1.165) is 35.0 Å². The summed E-state index contributed by atoms with van der Waals surface area (Å²) in [5, 5.41) is 1.30. The molecule has 0 bridgehead atoms. The second-order valence-electron chi connectivity index (χ2n) is 7.07. The first-order valence-electron chi connectivity index (χ1n) is 10.5. The predicted octanol–water partition coefficient (Wildman–Crippen LogP) is 7.36. The zero-order valence-corrected chi connectivity index (χ0v) is 20.1. The third kappa shape index (κ3) is 11.3. The molecule has 0 unspecified atom stereocenters.